The van der Waals surface area contributed by atoms with Crippen LogP contribution in [0.15, 0.2) is 30.5 Å². The van der Waals surface area contributed by atoms with Gasteiger partial charge in [0.05, 0.1) is 12.6 Å². The van der Waals surface area contributed by atoms with Gasteiger partial charge in [-0.25, -0.2) is 4.79 Å². The molecule has 0 aliphatic rings. The Morgan fingerprint density at radius 2 is 1.78 bits per heavy atom. The van der Waals surface area contributed by atoms with Gasteiger partial charge < -0.3 is 5.11 Å². The second kappa shape index (κ2) is 6.78. The molecule has 1 heterocycles. The van der Waals surface area contributed by atoms with Gasteiger partial charge in [0.25, 0.3) is 0 Å². The van der Waals surface area contributed by atoms with Crippen LogP contribution in [0.3, 0.4) is 0 Å². The highest BCUT2D eigenvalue weighted by Gasteiger charge is 2.21. The van der Waals surface area contributed by atoms with E-state index in [1.165, 1.54) is 13.1 Å². The molecule has 1 aromatic carbocycles. The quantitative estimate of drug-likeness (QED) is 0.453. The Morgan fingerprint density at radius 1 is 1.13 bits per heavy atom. The molecule has 7 nitrogen and oxygen atoms in total. The first-order valence-electron chi connectivity index (χ1n) is 6.80. The van der Waals surface area contributed by atoms with Gasteiger partial charge in [-0.3, -0.25) is 19.5 Å². The molecular formula is C16H14N2O5. The van der Waals surface area contributed by atoms with Crippen LogP contribution < -0.4 is 0 Å². The van der Waals surface area contributed by atoms with E-state index in [0.29, 0.717) is 17.5 Å². The average Bonchev–Trinajstić information content (AvgIpc) is 2.95. The molecule has 118 valence electrons. The van der Waals surface area contributed by atoms with E-state index in [-0.39, 0.29) is 11.5 Å². The molecule has 2 rings (SSSR count). The summed E-state index contributed by atoms with van der Waals surface area (Å²) in [5, 5.41) is 14.8. The van der Waals surface area contributed by atoms with Crippen LogP contribution in [0.4, 0.5) is 0 Å². The number of H-pyrrole nitrogens is 1. The summed E-state index contributed by atoms with van der Waals surface area (Å²) < 4.78 is 0. The highest BCUT2D eigenvalue weighted by Crippen LogP contribution is 2.15. The van der Waals surface area contributed by atoms with Gasteiger partial charge in [0.1, 0.15) is 5.69 Å². The Balaban J connectivity index is 2.14. The van der Waals surface area contributed by atoms with E-state index >= 15 is 0 Å². The number of aliphatic carboxylic acids is 1. The first-order valence-corrected chi connectivity index (χ1v) is 6.80. The maximum Gasteiger partial charge on any atom is 0.372 e. The summed E-state index contributed by atoms with van der Waals surface area (Å²) >= 11 is 0. The van der Waals surface area contributed by atoms with Crippen LogP contribution in [0.25, 0.3) is 0 Å². The van der Waals surface area contributed by atoms with E-state index < -0.39 is 24.0 Å². The molecule has 0 amide bonds. The van der Waals surface area contributed by atoms with Crippen LogP contribution in [-0.2, 0) is 16.0 Å². The summed E-state index contributed by atoms with van der Waals surface area (Å²) in [7, 11) is 0. The van der Waals surface area contributed by atoms with Crippen molar-refractivity contribution in [1.82, 2.24) is 10.2 Å². The number of Topliss-reactive ketones (excluding diaryl/α,β-unsaturated/α-hetero) is 3. The molecule has 2 N–H and O–H groups in total. The fourth-order valence-corrected chi connectivity index (χ4v) is 2.07. The van der Waals surface area contributed by atoms with Crippen LogP contribution in [0.2, 0.25) is 0 Å². The lowest BCUT2D eigenvalue weighted by molar-refractivity contribution is -0.148. The molecule has 0 fully saturated rings. The van der Waals surface area contributed by atoms with E-state index in [4.69, 9.17) is 5.11 Å². The highest BCUT2D eigenvalue weighted by atomic mass is 16.4. The summed E-state index contributed by atoms with van der Waals surface area (Å²) in [5.74, 6) is -3.46. The number of rotatable bonds is 7. The van der Waals surface area contributed by atoms with Crippen molar-refractivity contribution in [2.45, 2.75) is 19.8 Å². The van der Waals surface area contributed by atoms with Crippen LogP contribution in [0, 0.1) is 0 Å². The molecule has 23 heavy (non-hydrogen) atoms. The molecular weight excluding hydrogens is 300 g/mol. The number of carbonyl (C=O) groups excluding carboxylic acids is 3. The van der Waals surface area contributed by atoms with E-state index in [2.05, 4.69) is 10.2 Å². The minimum absolute atomic E-state index is 0.0390. The number of carboxylic acids is 1. The Labute approximate surface area is 131 Å². The van der Waals surface area contributed by atoms with Crippen LogP contribution in [0.5, 0.6) is 0 Å². The predicted molar refractivity (Wildman–Crippen MR) is 79.4 cm³/mol. The van der Waals surface area contributed by atoms with E-state index in [1.54, 1.807) is 24.3 Å². The Hall–Kier alpha value is -3.09. The third-order valence-corrected chi connectivity index (χ3v) is 3.31. The number of nitrogens with zero attached hydrogens (tertiary/aromatic N) is 1. The van der Waals surface area contributed by atoms with Gasteiger partial charge in [0.2, 0.25) is 5.78 Å². The summed E-state index contributed by atoms with van der Waals surface area (Å²) in [6.45, 7) is 1.47. The zero-order valence-electron chi connectivity index (χ0n) is 12.3. The van der Waals surface area contributed by atoms with Crippen molar-refractivity contribution in [1.29, 1.82) is 0 Å². The lowest BCUT2D eigenvalue weighted by Crippen LogP contribution is -2.18. The summed E-state index contributed by atoms with van der Waals surface area (Å²) in [4.78, 5) is 44.9. The highest BCUT2D eigenvalue weighted by molar-refractivity contribution is 6.37. The predicted octanol–water partition coefficient (Wildman–Crippen LogP) is 1.43. The van der Waals surface area contributed by atoms with Crippen molar-refractivity contribution in [2.75, 3.05) is 0 Å². The molecule has 0 aliphatic carbocycles. The van der Waals surface area contributed by atoms with Gasteiger partial charge in [-0.15, -0.1) is 0 Å². The minimum Gasteiger partial charge on any atom is -0.475 e. The van der Waals surface area contributed by atoms with Crippen molar-refractivity contribution in [3.05, 3.63) is 52.8 Å². The largest absolute Gasteiger partial charge is 0.475 e. The van der Waals surface area contributed by atoms with Crippen LogP contribution in [0.1, 0.15) is 45.3 Å². The zero-order valence-corrected chi connectivity index (χ0v) is 12.3. The number of hydrogen-bond acceptors (Lipinski definition) is 5. The number of nitrogens with one attached hydrogen (secondary N) is 1. The molecule has 0 bridgehead atoms. The lowest BCUT2D eigenvalue weighted by atomic mass is 10.0. The van der Waals surface area contributed by atoms with Gasteiger partial charge in [-0.05, 0) is 12.5 Å². The van der Waals surface area contributed by atoms with E-state index in [1.807, 2.05) is 0 Å². The van der Waals surface area contributed by atoms with Crippen molar-refractivity contribution in [3.63, 3.8) is 0 Å². The zero-order chi connectivity index (χ0) is 17.0. The first-order chi connectivity index (χ1) is 10.9. The Morgan fingerprint density at radius 3 is 2.35 bits per heavy atom. The van der Waals surface area contributed by atoms with Crippen LogP contribution >= 0.6 is 0 Å². The number of benzene rings is 1. The summed E-state index contributed by atoms with van der Waals surface area (Å²) in [6.07, 6.45) is 1.11. The molecule has 0 aliphatic heterocycles. The third kappa shape index (κ3) is 3.97. The normalized spacial score (nSPS) is 10.3. The topological polar surface area (TPSA) is 117 Å². The minimum atomic E-state index is -1.64. The molecule has 0 saturated carbocycles. The fourth-order valence-electron chi connectivity index (χ4n) is 2.07. The van der Waals surface area contributed by atoms with Crippen molar-refractivity contribution in [3.8, 4) is 0 Å². The Kier molecular flexibility index (Phi) is 4.80. The SMILES string of the molecule is CC(=O)c1ccc(Cc2cn[nH]c2C(=O)CC(=O)C(=O)O)cc1. The molecule has 0 atom stereocenters. The van der Waals surface area contributed by atoms with E-state index in [0.717, 1.165) is 5.56 Å². The first kappa shape index (κ1) is 16.3. The van der Waals surface area contributed by atoms with Gasteiger partial charge in [0.15, 0.2) is 11.6 Å². The van der Waals surface area contributed by atoms with Crippen molar-refractivity contribution >= 4 is 23.3 Å². The summed E-state index contributed by atoms with van der Waals surface area (Å²) in [6, 6.07) is 6.90. The fraction of sp³-hybridized carbons (Fsp3) is 0.188. The van der Waals surface area contributed by atoms with Gasteiger partial charge >= 0.3 is 5.97 Å². The van der Waals surface area contributed by atoms with Crippen molar-refractivity contribution in [2.24, 2.45) is 0 Å². The molecule has 2 aromatic rings. The van der Waals surface area contributed by atoms with Gasteiger partial charge in [-0.2, -0.15) is 5.10 Å². The number of aromatic amines is 1. The summed E-state index contributed by atoms with van der Waals surface area (Å²) in [5.41, 5.74) is 2.12. The van der Waals surface area contributed by atoms with E-state index in [9.17, 15) is 19.2 Å². The number of hydrogen-bond donors (Lipinski definition) is 2. The van der Waals surface area contributed by atoms with Crippen molar-refractivity contribution < 1.29 is 24.3 Å². The lowest BCUT2D eigenvalue weighted by Gasteiger charge is -2.03. The molecule has 1 aromatic heterocycles. The second-order valence-corrected chi connectivity index (χ2v) is 5.03. The molecule has 0 radical (unpaired) electrons. The third-order valence-electron chi connectivity index (χ3n) is 3.31. The standard InChI is InChI=1S/C16H14N2O5/c1-9(19)11-4-2-10(3-5-11)6-12-8-17-18-15(12)13(20)7-14(21)16(22)23/h2-5,8H,6-7H2,1H3,(H,17,18)(H,22,23). The molecule has 0 unspecified atom stereocenters. The number of carbonyl (C=O) groups is 4. The molecule has 7 heteroatoms. The molecule has 0 saturated heterocycles. The average molecular weight is 314 g/mol. The number of ketones is 3. The smallest absolute Gasteiger partial charge is 0.372 e. The maximum absolute atomic E-state index is 12.0. The van der Waals surface area contributed by atoms with Crippen LogP contribution in [-0.4, -0.2) is 38.6 Å². The Bertz CT molecular complexity index is 774. The monoisotopic (exact) mass is 314 g/mol. The maximum atomic E-state index is 12.0. The van der Waals surface area contributed by atoms with Gasteiger partial charge in [-0.1, -0.05) is 24.3 Å². The molecule has 0 spiro atoms. The van der Waals surface area contributed by atoms with Gasteiger partial charge in [0, 0.05) is 17.5 Å². The number of aromatic nitrogens is 2. The second-order valence-electron chi connectivity index (χ2n) is 5.03. The number of carboxylic acid groups (broad SMARTS) is 1.